The summed E-state index contributed by atoms with van der Waals surface area (Å²) in [5.41, 5.74) is 2.18. The Bertz CT molecular complexity index is 544. The predicted molar refractivity (Wildman–Crippen MR) is 87.1 cm³/mol. The average Bonchev–Trinajstić information content (AvgIpc) is 2.48. The first-order valence-electron chi connectivity index (χ1n) is 7.58. The quantitative estimate of drug-likeness (QED) is 0.881. The van der Waals surface area contributed by atoms with Gasteiger partial charge in [-0.3, -0.25) is 0 Å². The van der Waals surface area contributed by atoms with Gasteiger partial charge in [-0.05, 0) is 31.9 Å². The topological polar surface area (TPSA) is 37.8 Å². The van der Waals surface area contributed by atoms with Crippen LogP contribution in [0.3, 0.4) is 0 Å². The van der Waals surface area contributed by atoms with Crippen LogP contribution in [0.15, 0.2) is 42.7 Å². The molecule has 3 nitrogen and oxygen atoms in total. The van der Waals surface area contributed by atoms with Crippen molar-refractivity contribution < 1.29 is 0 Å². The summed E-state index contributed by atoms with van der Waals surface area (Å²) in [6.45, 7) is 10.6. The first-order chi connectivity index (χ1) is 10.00. The van der Waals surface area contributed by atoms with E-state index in [0.717, 1.165) is 24.5 Å². The largest absolute Gasteiger partial charge is 0.312 e. The van der Waals surface area contributed by atoms with E-state index in [4.69, 9.17) is 0 Å². The molecule has 1 heterocycles. The van der Waals surface area contributed by atoms with E-state index in [2.05, 4.69) is 67.2 Å². The van der Waals surface area contributed by atoms with Gasteiger partial charge in [-0.1, -0.05) is 44.2 Å². The molecule has 0 fully saturated rings. The van der Waals surface area contributed by atoms with Crippen LogP contribution < -0.4 is 5.32 Å². The summed E-state index contributed by atoms with van der Waals surface area (Å²) in [6.07, 6.45) is 3.86. The second-order valence-corrected chi connectivity index (χ2v) is 6.43. The highest BCUT2D eigenvalue weighted by Gasteiger charge is 2.25. The van der Waals surface area contributed by atoms with Crippen molar-refractivity contribution in [1.29, 1.82) is 0 Å². The number of nitrogens with one attached hydrogen (secondary N) is 1. The molecule has 21 heavy (non-hydrogen) atoms. The molecule has 0 aliphatic carbocycles. The van der Waals surface area contributed by atoms with Crippen molar-refractivity contribution in [3.05, 3.63) is 59.7 Å². The van der Waals surface area contributed by atoms with Crippen molar-refractivity contribution in [2.75, 3.05) is 6.54 Å². The molecule has 3 heteroatoms. The molecule has 1 N–H and O–H groups in total. The Kier molecular flexibility index (Phi) is 5.07. The zero-order chi connectivity index (χ0) is 15.3. The molecule has 0 atom stereocenters. The minimum atomic E-state index is -0.175. The Balaban J connectivity index is 2.08. The van der Waals surface area contributed by atoms with Gasteiger partial charge in [-0.2, -0.15) is 0 Å². The van der Waals surface area contributed by atoms with Crippen molar-refractivity contribution >= 4 is 0 Å². The molecular formula is C18H25N3. The van der Waals surface area contributed by atoms with Crippen LogP contribution in [0.5, 0.6) is 0 Å². The first-order valence-corrected chi connectivity index (χ1v) is 7.58. The van der Waals surface area contributed by atoms with Gasteiger partial charge in [-0.15, -0.1) is 0 Å². The zero-order valence-electron chi connectivity index (χ0n) is 13.4. The maximum atomic E-state index is 4.57. The fourth-order valence-corrected chi connectivity index (χ4v) is 2.26. The van der Waals surface area contributed by atoms with Crippen molar-refractivity contribution in [2.24, 2.45) is 5.92 Å². The summed E-state index contributed by atoms with van der Waals surface area (Å²) in [6, 6.07) is 10.4. The van der Waals surface area contributed by atoms with E-state index >= 15 is 0 Å². The highest BCUT2D eigenvalue weighted by molar-refractivity contribution is 5.30. The second kappa shape index (κ2) is 6.81. The minimum Gasteiger partial charge on any atom is -0.312 e. The Morgan fingerprint density at radius 3 is 2.24 bits per heavy atom. The summed E-state index contributed by atoms with van der Waals surface area (Å²) in [5, 5.41) is 3.41. The molecule has 0 spiro atoms. The van der Waals surface area contributed by atoms with Crippen LogP contribution in [-0.4, -0.2) is 16.5 Å². The standard InChI is InChI=1S/C18H25N3/c1-14(2)10-19-11-15-12-20-17(21-13-15)18(3,4)16-8-6-5-7-9-16/h5-9,12-14,19H,10-11H2,1-4H3. The molecule has 112 valence electrons. The van der Waals surface area contributed by atoms with E-state index in [1.165, 1.54) is 5.56 Å². The van der Waals surface area contributed by atoms with Gasteiger partial charge in [0.25, 0.3) is 0 Å². The highest BCUT2D eigenvalue weighted by Crippen LogP contribution is 2.28. The molecule has 0 amide bonds. The van der Waals surface area contributed by atoms with Crippen molar-refractivity contribution in [3.8, 4) is 0 Å². The third-order valence-corrected chi connectivity index (χ3v) is 3.64. The summed E-state index contributed by atoms with van der Waals surface area (Å²) in [5.74, 6) is 1.52. The van der Waals surface area contributed by atoms with Gasteiger partial charge in [0.2, 0.25) is 0 Å². The van der Waals surface area contributed by atoms with Gasteiger partial charge < -0.3 is 5.32 Å². The van der Waals surface area contributed by atoms with Crippen LogP contribution in [0.1, 0.15) is 44.6 Å². The SMILES string of the molecule is CC(C)CNCc1cnc(C(C)(C)c2ccccc2)nc1. The van der Waals surface area contributed by atoms with E-state index in [1.54, 1.807) is 0 Å². The van der Waals surface area contributed by atoms with Crippen LogP contribution in [-0.2, 0) is 12.0 Å². The van der Waals surface area contributed by atoms with Gasteiger partial charge >= 0.3 is 0 Å². The van der Waals surface area contributed by atoms with E-state index in [-0.39, 0.29) is 5.41 Å². The van der Waals surface area contributed by atoms with Gasteiger partial charge in [0.15, 0.2) is 0 Å². The van der Waals surface area contributed by atoms with E-state index in [1.807, 2.05) is 18.5 Å². The molecular weight excluding hydrogens is 258 g/mol. The Hall–Kier alpha value is -1.74. The molecule has 0 aliphatic rings. The van der Waals surface area contributed by atoms with Crippen molar-refractivity contribution in [2.45, 2.75) is 39.7 Å². The van der Waals surface area contributed by atoms with Crippen LogP contribution in [0.25, 0.3) is 0 Å². The van der Waals surface area contributed by atoms with E-state index < -0.39 is 0 Å². The molecule has 0 radical (unpaired) electrons. The highest BCUT2D eigenvalue weighted by atomic mass is 14.9. The normalized spacial score (nSPS) is 11.9. The van der Waals surface area contributed by atoms with Gasteiger partial charge in [0, 0.05) is 29.9 Å². The van der Waals surface area contributed by atoms with Gasteiger partial charge in [-0.25, -0.2) is 9.97 Å². The molecule has 0 bridgehead atoms. The lowest BCUT2D eigenvalue weighted by molar-refractivity contribution is 0.548. The fourth-order valence-electron chi connectivity index (χ4n) is 2.26. The maximum absolute atomic E-state index is 4.57. The molecule has 2 aromatic rings. The van der Waals surface area contributed by atoms with Crippen LogP contribution in [0.2, 0.25) is 0 Å². The number of rotatable bonds is 6. The number of nitrogens with zero attached hydrogens (tertiary/aromatic N) is 2. The molecule has 0 saturated carbocycles. The van der Waals surface area contributed by atoms with Crippen LogP contribution in [0, 0.1) is 5.92 Å². The van der Waals surface area contributed by atoms with Gasteiger partial charge in [0.1, 0.15) is 5.82 Å². The van der Waals surface area contributed by atoms with Crippen LogP contribution >= 0.6 is 0 Å². The summed E-state index contributed by atoms with van der Waals surface area (Å²) < 4.78 is 0. The van der Waals surface area contributed by atoms with Crippen molar-refractivity contribution in [1.82, 2.24) is 15.3 Å². The lowest BCUT2D eigenvalue weighted by Gasteiger charge is -2.23. The van der Waals surface area contributed by atoms with E-state index in [9.17, 15) is 0 Å². The average molecular weight is 283 g/mol. The smallest absolute Gasteiger partial charge is 0.138 e. The number of benzene rings is 1. The summed E-state index contributed by atoms with van der Waals surface area (Å²) in [4.78, 5) is 9.15. The molecule has 0 aliphatic heterocycles. The van der Waals surface area contributed by atoms with E-state index in [0.29, 0.717) is 5.92 Å². The number of aromatic nitrogens is 2. The summed E-state index contributed by atoms with van der Waals surface area (Å²) in [7, 11) is 0. The van der Waals surface area contributed by atoms with Crippen LogP contribution in [0.4, 0.5) is 0 Å². The Morgan fingerprint density at radius 1 is 1.05 bits per heavy atom. The monoisotopic (exact) mass is 283 g/mol. The minimum absolute atomic E-state index is 0.175. The molecule has 1 aromatic carbocycles. The molecule has 1 aromatic heterocycles. The third-order valence-electron chi connectivity index (χ3n) is 3.64. The number of hydrogen-bond acceptors (Lipinski definition) is 3. The fraction of sp³-hybridized carbons (Fsp3) is 0.444. The lowest BCUT2D eigenvalue weighted by Crippen LogP contribution is -2.23. The first kappa shape index (κ1) is 15.6. The summed E-state index contributed by atoms with van der Waals surface area (Å²) >= 11 is 0. The second-order valence-electron chi connectivity index (χ2n) is 6.43. The Morgan fingerprint density at radius 2 is 1.67 bits per heavy atom. The molecule has 0 unspecified atom stereocenters. The number of hydrogen-bond donors (Lipinski definition) is 1. The predicted octanol–water partition coefficient (Wildman–Crippen LogP) is 3.55. The molecule has 2 rings (SSSR count). The maximum Gasteiger partial charge on any atom is 0.138 e. The Labute approximate surface area is 127 Å². The third kappa shape index (κ3) is 4.11. The lowest BCUT2D eigenvalue weighted by atomic mass is 9.84. The molecule has 0 saturated heterocycles. The zero-order valence-corrected chi connectivity index (χ0v) is 13.4. The van der Waals surface area contributed by atoms with Crippen molar-refractivity contribution in [3.63, 3.8) is 0 Å². The van der Waals surface area contributed by atoms with Gasteiger partial charge in [0.05, 0.1) is 0 Å².